The van der Waals surface area contributed by atoms with E-state index >= 15 is 0 Å². The third-order valence-corrected chi connectivity index (χ3v) is 2.70. The monoisotopic (exact) mass is 293 g/mol. The summed E-state index contributed by atoms with van der Waals surface area (Å²) in [5, 5.41) is 12.9. The molecule has 2 N–H and O–H groups in total. The minimum Gasteiger partial charge on any atom is -0.387 e. The van der Waals surface area contributed by atoms with Crippen LogP contribution in [0.2, 0.25) is 10.0 Å². The fraction of sp³-hybridized carbons (Fsp3) is 0.417. The van der Waals surface area contributed by atoms with Crippen LogP contribution in [0.3, 0.4) is 0 Å². The number of benzene rings is 1. The quantitative estimate of drug-likeness (QED) is 0.897. The minimum absolute atomic E-state index is 0.108. The van der Waals surface area contributed by atoms with Crippen molar-refractivity contribution >= 4 is 29.1 Å². The predicted molar refractivity (Wildman–Crippen MR) is 69.6 cm³/mol. The van der Waals surface area contributed by atoms with Crippen molar-refractivity contribution in [2.75, 3.05) is 6.54 Å². The number of hydrogen-bond donors (Lipinski definition) is 2. The molecule has 1 aromatic rings. The lowest BCUT2D eigenvalue weighted by atomic mass is 10.1. The highest BCUT2D eigenvalue weighted by Crippen LogP contribution is 2.23. The SMILES string of the molecule is CC(C)(F)C(=O)NCC(O)c1cc(Cl)cc(Cl)c1. The zero-order chi connectivity index (χ0) is 13.9. The maximum atomic E-state index is 13.2. The number of alkyl halides is 1. The van der Waals surface area contributed by atoms with Gasteiger partial charge in [-0.05, 0) is 37.6 Å². The van der Waals surface area contributed by atoms with Gasteiger partial charge >= 0.3 is 0 Å². The molecule has 0 fully saturated rings. The smallest absolute Gasteiger partial charge is 0.257 e. The summed E-state index contributed by atoms with van der Waals surface area (Å²) in [5.41, 5.74) is -1.52. The molecule has 0 radical (unpaired) electrons. The highest BCUT2D eigenvalue weighted by atomic mass is 35.5. The highest BCUT2D eigenvalue weighted by molar-refractivity contribution is 6.34. The molecule has 18 heavy (non-hydrogen) atoms. The molecule has 100 valence electrons. The van der Waals surface area contributed by atoms with E-state index in [0.717, 1.165) is 13.8 Å². The third-order valence-electron chi connectivity index (χ3n) is 2.27. The Kier molecular flexibility index (Phi) is 4.96. The molecule has 0 aliphatic carbocycles. The molecule has 1 amide bonds. The average Bonchev–Trinajstić information content (AvgIpc) is 2.22. The third kappa shape index (κ3) is 4.44. The Labute approximate surface area is 115 Å². The predicted octanol–water partition coefficient (Wildman–Crippen LogP) is 2.89. The molecule has 0 saturated carbocycles. The number of carbonyl (C=O) groups is 1. The zero-order valence-electron chi connectivity index (χ0n) is 10.0. The molecule has 3 nitrogen and oxygen atoms in total. The van der Waals surface area contributed by atoms with Gasteiger partial charge in [0.05, 0.1) is 6.10 Å². The van der Waals surface area contributed by atoms with Gasteiger partial charge in [-0.25, -0.2) is 4.39 Å². The molecular weight excluding hydrogens is 280 g/mol. The van der Waals surface area contributed by atoms with Crippen molar-refractivity contribution in [3.05, 3.63) is 33.8 Å². The molecule has 0 spiro atoms. The molecule has 1 atom stereocenters. The van der Waals surface area contributed by atoms with E-state index in [1.54, 1.807) is 0 Å². The summed E-state index contributed by atoms with van der Waals surface area (Å²) in [5.74, 6) is -0.783. The largest absolute Gasteiger partial charge is 0.387 e. The van der Waals surface area contributed by atoms with E-state index < -0.39 is 17.7 Å². The van der Waals surface area contributed by atoms with E-state index in [1.165, 1.54) is 18.2 Å². The number of aliphatic hydroxyl groups excluding tert-OH is 1. The second-order valence-electron chi connectivity index (χ2n) is 4.40. The lowest BCUT2D eigenvalue weighted by Crippen LogP contribution is -2.40. The van der Waals surface area contributed by atoms with Crippen LogP contribution in [0.25, 0.3) is 0 Å². The van der Waals surface area contributed by atoms with Gasteiger partial charge in [-0.3, -0.25) is 4.79 Å². The van der Waals surface area contributed by atoms with Gasteiger partial charge in [0.25, 0.3) is 5.91 Å². The first-order valence-electron chi connectivity index (χ1n) is 5.31. The topological polar surface area (TPSA) is 49.3 Å². The van der Waals surface area contributed by atoms with Gasteiger partial charge in [0.15, 0.2) is 5.67 Å². The molecule has 1 aromatic carbocycles. The summed E-state index contributed by atoms with van der Waals surface area (Å²) in [6.07, 6.45) is -0.993. The summed E-state index contributed by atoms with van der Waals surface area (Å²) >= 11 is 11.6. The van der Waals surface area contributed by atoms with Crippen LogP contribution < -0.4 is 5.32 Å². The maximum Gasteiger partial charge on any atom is 0.257 e. The summed E-state index contributed by atoms with van der Waals surface area (Å²) in [6, 6.07) is 4.60. The zero-order valence-corrected chi connectivity index (χ0v) is 11.5. The number of halogens is 3. The highest BCUT2D eigenvalue weighted by Gasteiger charge is 2.26. The van der Waals surface area contributed by atoms with E-state index in [1.807, 2.05) is 0 Å². The number of amides is 1. The van der Waals surface area contributed by atoms with Crippen LogP contribution in [0.1, 0.15) is 25.5 Å². The Bertz CT molecular complexity index is 426. The van der Waals surface area contributed by atoms with Gasteiger partial charge in [-0.2, -0.15) is 0 Å². The van der Waals surface area contributed by atoms with Crippen LogP contribution in [0.15, 0.2) is 18.2 Å². The van der Waals surface area contributed by atoms with Gasteiger partial charge in [0.2, 0.25) is 0 Å². The molecule has 0 aromatic heterocycles. The normalized spacial score (nSPS) is 13.2. The molecule has 0 bridgehead atoms. The fourth-order valence-electron chi connectivity index (χ4n) is 1.28. The van der Waals surface area contributed by atoms with E-state index in [9.17, 15) is 14.3 Å². The second-order valence-corrected chi connectivity index (χ2v) is 5.27. The minimum atomic E-state index is -1.98. The Balaban J connectivity index is 2.66. The molecule has 0 heterocycles. The van der Waals surface area contributed by atoms with Crippen molar-refractivity contribution in [3.8, 4) is 0 Å². The van der Waals surface area contributed by atoms with Crippen LogP contribution in [0, 0.1) is 0 Å². The van der Waals surface area contributed by atoms with Gasteiger partial charge < -0.3 is 10.4 Å². The van der Waals surface area contributed by atoms with E-state index in [0.29, 0.717) is 15.6 Å². The first kappa shape index (κ1) is 15.2. The first-order valence-corrected chi connectivity index (χ1v) is 6.07. The second kappa shape index (κ2) is 5.87. The van der Waals surface area contributed by atoms with Crippen molar-refractivity contribution in [1.29, 1.82) is 0 Å². The molecule has 0 saturated heterocycles. The van der Waals surface area contributed by atoms with E-state index in [4.69, 9.17) is 23.2 Å². The van der Waals surface area contributed by atoms with Crippen molar-refractivity contribution < 1.29 is 14.3 Å². The lowest BCUT2D eigenvalue weighted by Gasteiger charge is -2.17. The molecule has 0 aliphatic heterocycles. The molecule has 1 rings (SSSR count). The molecule has 6 heteroatoms. The Morgan fingerprint density at radius 3 is 2.33 bits per heavy atom. The van der Waals surface area contributed by atoms with Crippen molar-refractivity contribution in [2.24, 2.45) is 0 Å². The van der Waals surface area contributed by atoms with Crippen LogP contribution in [-0.4, -0.2) is 23.2 Å². The van der Waals surface area contributed by atoms with E-state index in [2.05, 4.69) is 5.32 Å². The van der Waals surface area contributed by atoms with Crippen LogP contribution in [0.4, 0.5) is 4.39 Å². The number of nitrogens with one attached hydrogen (secondary N) is 1. The number of hydrogen-bond acceptors (Lipinski definition) is 2. The summed E-state index contributed by atoms with van der Waals surface area (Å²) < 4.78 is 13.2. The van der Waals surface area contributed by atoms with E-state index in [-0.39, 0.29) is 6.54 Å². The molecule has 0 aliphatic rings. The average molecular weight is 294 g/mol. The maximum absolute atomic E-state index is 13.2. The number of carbonyl (C=O) groups excluding carboxylic acids is 1. The number of aliphatic hydroxyl groups is 1. The van der Waals surface area contributed by atoms with Crippen molar-refractivity contribution in [2.45, 2.75) is 25.6 Å². The summed E-state index contributed by atoms with van der Waals surface area (Å²) in [4.78, 5) is 11.3. The molecule has 1 unspecified atom stereocenters. The number of rotatable bonds is 4. The van der Waals surface area contributed by atoms with Crippen LogP contribution >= 0.6 is 23.2 Å². The lowest BCUT2D eigenvalue weighted by molar-refractivity contribution is -0.131. The van der Waals surface area contributed by atoms with Crippen LogP contribution in [-0.2, 0) is 4.79 Å². The van der Waals surface area contributed by atoms with Gasteiger partial charge in [0.1, 0.15) is 0 Å². The van der Waals surface area contributed by atoms with Gasteiger partial charge in [0, 0.05) is 16.6 Å². The molecular formula is C12H14Cl2FNO2. The fourth-order valence-corrected chi connectivity index (χ4v) is 1.83. The van der Waals surface area contributed by atoms with Crippen molar-refractivity contribution in [3.63, 3.8) is 0 Å². The Hall–Kier alpha value is -0.840. The Morgan fingerprint density at radius 1 is 1.39 bits per heavy atom. The summed E-state index contributed by atoms with van der Waals surface area (Å²) in [7, 11) is 0. The van der Waals surface area contributed by atoms with Crippen LogP contribution in [0.5, 0.6) is 0 Å². The summed E-state index contributed by atoms with van der Waals surface area (Å²) in [6.45, 7) is 2.18. The standard InChI is InChI=1S/C12H14Cl2FNO2/c1-12(2,15)11(18)16-6-10(17)7-3-8(13)5-9(14)4-7/h3-5,10,17H,6H2,1-2H3,(H,16,18). The van der Waals surface area contributed by atoms with Crippen molar-refractivity contribution in [1.82, 2.24) is 5.32 Å². The van der Waals surface area contributed by atoms with Gasteiger partial charge in [-0.15, -0.1) is 0 Å². The first-order chi connectivity index (χ1) is 8.20. The Morgan fingerprint density at radius 2 is 1.89 bits per heavy atom. The van der Waals surface area contributed by atoms with Gasteiger partial charge in [-0.1, -0.05) is 23.2 Å².